The maximum absolute atomic E-state index is 12.1. The quantitative estimate of drug-likeness (QED) is 0.717. The summed E-state index contributed by atoms with van der Waals surface area (Å²) >= 11 is 0. The highest BCUT2D eigenvalue weighted by Gasteiger charge is 2.10. The van der Waals surface area contributed by atoms with Crippen molar-refractivity contribution in [2.45, 2.75) is 39.8 Å². The molecule has 1 aromatic heterocycles. The third-order valence-corrected chi connectivity index (χ3v) is 3.66. The van der Waals surface area contributed by atoms with Gasteiger partial charge in [-0.2, -0.15) is 5.10 Å². The lowest BCUT2D eigenvalue weighted by atomic mass is 10.2. The first-order valence-corrected chi connectivity index (χ1v) is 8.28. The van der Waals surface area contributed by atoms with Gasteiger partial charge in [0.05, 0.1) is 25.5 Å². The molecule has 1 aromatic carbocycles. The summed E-state index contributed by atoms with van der Waals surface area (Å²) in [5.41, 5.74) is 1.51. The van der Waals surface area contributed by atoms with Gasteiger partial charge in [-0.1, -0.05) is 19.4 Å². The molecule has 0 saturated heterocycles. The predicted molar refractivity (Wildman–Crippen MR) is 92.5 cm³/mol. The van der Waals surface area contributed by atoms with Gasteiger partial charge in [0, 0.05) is 19.3 Å². The SMILES string of the molecule is CCCCOc1ccc(CNC(=O)c2cnn(CC)c2)cc1OC. The third kappa shape index (κ3) is 4.75. The average molecular weight is 331 g/mol. The number of carbonyl (C=O) groups excluding carboxylic acids is 1. The number of methoxy groups -OCH3 is 1. The van der Waals surface area contributed by atoms with Gasteiger partial charge in [0.25, 0.3) is 5.91 Å². The fourth-order valence-corrected chi connectivity index (χ4v) is 2.21. The van der Waals surface area contributed by atoms with Gasteiger partial charge in [-0.25, -0.2) is 0 Å². The van der Waals surface area contributed by atoms with Crippen molar-refractivity contribution >= 4 is 5.91 Å². The number of ether oxygens (including phenoxy) is 2. The molecule has 0 saturated carbocycles. The molecule has 0 aliphatic carbocycles. The highest BCUT2D eigenvalue weighted by atomic mass is 16.5. The maximum Gasteiger partial charge on any atom is 0.254 e. The minimum atomic E-state index is -0.142. The summed E-state index contributed by atoms with van der Waals surface area (Å²) in [6.07, 6.45) is 5.40. The Labute approximate surface area is 142 Å². The lowest BCUT2D eigenvalue weighted by Gasteiger charge is -2.12. The van der Waals surface area contributed by atoms with E-state index in [-0.39, 0.29) is 5.91 Å². The fourth-order valence-electron chi connectivity index (χ4n) is 2.21. The Hall–Kier alpha value is -2.50. The maximum atomic E-state index is 12.1. The number of rotatable bonds is 9. The third-order valence-electron chi connectivity index (χ3n) is 3.66. The van der Waals surface area contributed by atoms with E-state index >= 15 is 0 Å². The van der Waals surface area contributed by atoms with Crippen LogP contribution in [0, 0.1) is 0 Å². The molecule has 0 fully saturated rings. The zero-order valence-corrected chi connectivity index (χ0v) is 14.5. The van der Waals surface area contributed by atoms with Crippen LogP contribution in [0.15, 0.2) is 30.6 Å². The van der Waals surface area contributed by atoms with Crippen LogP contribution in [0.5, 0.6) is 11.5 Å². The van der Waals surface area contributed by atoms with Crippen LogP contribution in [0.2, 0.25) is 0 Å². The van der Waals surface area contributed by atoms with Crippen LogP contribution in [0.1, 0.15) is 42.6 Å². The number of unbranched alkanes of at least 4 members (excludes halogenated alkanes) is 1. The van der Waals surface area contributed by atoms with Gasteiger partial charge in [-0.3, -0.25) is 9.48 Å². The zero-order chi connectivity index (χ0) is 17.4. The molecule has 24 heavy (non-hydrogen) atoms. The number of hydrogen-bond donors (Lipinski definition) is 1. The first-order valence-electron chi connectivity index (χ1n) is 8.28. The molecule has 6 heteroatoms. The largest absolute Gasteiger partial charge is 0.493 e. The number of hydrogen-bond acceptors (Lipinski definition) is 4. The van der Waals surface area contributed by atoms with Crippen molar-refractivity contribution < 1.29 is 14.3 Å². The molecule has 130 valence electrons. The van der Waals surface area contributed by atoms with E-state index < -0.39 is 0 Å². The second-order valence-electron chi connectivity index (χ2n) is 5.45. The molecule has 1 N–H and O–H groups in total. The molecule has 0 unspecified atom stereocenters. The molecule has 0 bridgehead atoms. The van der Waals surface area contributed by atoms with Crippen molar-refractivity contribution in [2.24, 2.45) is 0 Å². The Balaban J connectivity index is 1.95. The Kier molecular flexibility index (Phi) is 6.66. The van der Waals surface area contributed by atoms with Gasteiger partial charge in [0.15, 0.2) is 11.5 Å². The molecular weight excluding hydrogens is 306 g/mol. The smallest absolute Gasteiger partial charge is 0.254 e. The van der Waals surface area contributed by atoms with Gasteiger partial charge in [0.1, 0.15) is 0 Å². The Morgan fingerprint density at radius 3 is 2.79 bits per heavy atom. The van der Waals surface area contributed by atoms with E-state index in [4.69, 9.17) is 9.47 Å². The number of nitrogens with zero attached hydrogens (tertiary/aromatic N) is 2. The topological polar surface area (TPSA) is 65.4 Å². The van der Waals surface area contributed by atoms with Crippen LogP contribution >= 0.6 is 0 Å². The second kappa shape index (κ2) is 8.96. The minimum absolute atomic E-state index is 0.142. The average Bonchev–Trinajstić information content (AvgIpc) is 3.09. The van der Waals surface area contributed by atoms with Crippen LogP contribution in [0.25, 0.3) is 0 Å². The molecule has 0 atom stereocenters. The molecule has 0 aliphatic rings. The molecule has 0 radical (unpaired) electrons. The number of aryl methyl sites for hydroxylation is 1. The summed E-state index contributed by atoms with van der Waals surface area (Å²) in [5, 5.41) is 6.99. The monoisotopic (exact) mass is 331 g/mol. The summed E-state index contributed by atoms with van der Waals surface area (Å²) < 4.78 is 12.8. The van der Waals surface area contributed by atoms with Crippen LogP contribution < -0.4 is 14.8 Å². The van der Waals surface area contributed by atoms with Gasteiger partial charge in [-0.05, 0) is 31.0 Å². The van der Waals surface area contributed by atoms with Crippen LogP contribution in [0.3, 0.4) is 0 Å². The van der Waals surface area contributed by atoms with Crippen molar-refractivity contribution in [1.29, 1.82) is 0 Å². The predicted octanol–water partition coefficient (Wildman–Crippen LogP) is 3.02. The Bertz CT molecular complexity index is 667. The highest BCUT2D eigenvalue weighted by molar-refractivity contribution is 5.93. The Morgan fingerprint density at radius 2 is 2.12 bits per heavy atom. The standard InChI is InChI=1S/C18H25N3O3/c1-4-6-9-24-16-8-7-14(10-17(16)23-3)11-19-18(22)15-12-20-21(5-2)13-15/h7-8,10,12-13H,4-6,9,11H2,1-3H3,(H,19,22). The van der Waals surface area contributed by atoms with E-state index in [2.05, 4.69) is 17.3 Å². The summed E-state index contributed by atoms with van der Waals surface area (Å²) in [6, 6.07) is 5.70. The molecule has 1 amide bonds. The number of aromatic nitrogens is 2. The summed E-state index contributed by atoms with van der Waals surface area (Å²) in [7, 11) is 1.61. The summed E-state index contributed by atoms with van der Waals surface area (Å²) in [6.45, 7) is 5.93. The first-order chi connectivity index (χ1) is 11.7. The molecule has 0 aliphatic heterocycles. The van der Waals surface area contributed by atoms with E-state index in [0.717, 1.165) is 30.7 Å². The van der Waals surface area contributed by atoms with Crippen LogP contribution in [-0.2, 0) is 13.1 Å². The summed E-state index contributed by atoms with van der Waals surface area (Å²) in [5.74, 6) is 1.26. The van der Waals surface area contributed by atoms with Gasteiger partial charge < -0.3 is 14.8 Å². The Morgan fingerprint density at radius 1 is 1.29 bits per heavy atom. The van der Waals surface area contributed by atoms with E-state index in [1.54, 1.807) is 24.2 Å². The lowest BCUT2D eigenvalue weighted by Crippen LogP contribution is -2.22. The second-order valence-corrected chi connectivity index (χ2v) is 5.45. The molecule has 2 rings (SSSR count). The highest BCUT2D eigenvalue weighted by Crippen LogP contribution is 2.28. The van der Waals surface area contributed by atoms with E-state index in [1.807, 2.05) is 25.1 Å². The van der Waals surface area contributed by atoms with Crippen molar-refractivity contribution in [3.63, 3.8) is 0 Å². The van der Waals surface area contributed by atoms with Crippen molar-refractivity contribution in [3.05, 3.63) is 41.7 Å². The molecular formula is C18H25N3O3. The van der Waals surface area contributed by atoms with E-state index in [9.17, 15) is 4.79 Å². The number of nitrogens with one attached hydrogen (secondary N) is 1. The molecule has 1 heterocycles. The number of amides is 1. The zero-order valence-electron chi connectivity index (χ0n) is 14.5. The van der Waals surface area contributed by atoms with Crippen LogP contribution in [-0.4, -0.2) is 29.4 Å². The summed E-state index contributed by atoms with van der Waals surface area (Å²) in [4.78, 5) is 12.1. The normalized spacial score (nSPS) is 10.5. The molecule has 6 nitrogen and oxygen atoms in total. The lowest BCUT2D eigenvalue weighted by molar-refractivity contribution is 0.0951. The van der Waals surface area contributed by atoms with Gasteiger partial charge in [-0.15, -0.1) is 0 Å². The first kappa shape index (κ1) is 17.8. The molecule has 2 aromatic rings. The van der Waals surface area contributed by atoms with Crippen molar-refractivity contribution in [3.8, 4) is 11.5 Å². The van der Waals surface area contributed by atoms with Crippen LogP contribution in [0.4, 0.5) is 0 Å². The number of carbonyl (C=O) groups is 1. The number of benzene rings is 1. The fraction of sp³-hybridized carbons (Fsp3) is 0.444. The van der Waals surface area contributed by atoms with Crippen molar-refractivity contribution in [1.82, 2.24) is 15.1 Å². The van der Waals surface area contributed by atoms with E-state index in [0.29, 0.717) is 24.5 Å². The van der Waals surface area contributed by atoms with Gasteiger partial charge >= 0.3 is 0 Å². The minimum Gasteiger partial charge on any atom is -0.493 e. The van der Waals surface area contributed by atoms with E-state index in [1.165, 1.54) is 0 Å². The molecule has 0 spiro atoms. The van der Waals surface area contributed by atoms with Crippen molar-refractivity contribution in [2.75, 3.05) is 13.7 Å². The van der Waals surface area contributed by atoms with Gasteiger partial charge in [0.2, 0.25) is 0 Å².